The summed E-state index contributed by atoms with van der Waals surface area (Å²) >= 11 is 0. The van der Waals surface area contributed by atoms with Crippen LogP contribution in [0.5, 0.6) is 5.75 Å². The van der Waals surface area contributed by atoms with E-state index in [1.165, 1.54) is 6.07 Å². The maximum atomic E-state index is 13.0. The summed E-state index contributed by atoms with van der Waals surface area (Å²) < 4.78 is 0. The van der Waals surface area contributed by atoms with E-state index in [1.807, 2.05) is 21.9 Å². The number of phenols is 1. The zero-order chi connectivity index (χ0) is 21.1. The lowest BCUT2D eigenvalue weighted by Crippen LogP contribution is -2.48. The summed E-state index contributed by atoms with van der Waals surface area (Å²) in [6.07, 6.45) is 3.20. The Morgan fingerprint density at radius 1 is 0.867 bits per heavy atom. The molecule has 1 N–H and O–H groups in total. The van der Waals surface area contributed by atoms with Crippen LogP contribution in [0, 0.1) is 10.1 Å². The Labute approximate surface area is 175 Å². The van der Waals surface area contributed by atoms with Gasteiger partial charge in [0.2, 0.25) is 0 Å². The van der Waals surface area contributed by atoms with Crippen molar-refractivity contribution in [2.75, 3.05) is 49.1 Å². The third kappa shape index (κ3) is 4.03. The molecule has 0 radical (unpaired) electrons. The number of carbonyl (C=O) groups excluding carboxylic acids is 1. The van der Waals surface area contributed by atoms with Crippen molar-refractivity contribution in [3.05, 3.63) is 58.1 Å². The molecule has 0 aliphatic carbocycles. The number of piperidine rings is 1. The first-order chi connectivity index (χ1) is 14.5. The number of nitro benzene ring substituents is 1. The van der Waals surface area contributed by atoms with Crippen LogP contribution in [0.3, 0.4) is 0 Å². The van der Waals surface area contributed by atoms with Crippen molar-refractivity contribution in [1.82, 2.24) is 4.90 Å². The molecular formula is C22H26N4O4. The predicted molar refractivity (Wildman–Crippen MR) is 115 cm³/mol. The monoisotopic (exact) mass is 410 g/mol. The number of hydrogen-bond acceptors (Lipinski definition) is 6. The molecular weight excluding hydrogens is 384 g/mol. The second-order valence-electron chi connectivity index (χ2n) is 7.78. The Morgan fingerprint density at radius 2 is 1.53 bits per heavy atom. The third-order valence-corrected chi connectivity index (χ3v) is 5.91. The second kappa shape index (κ2) is 8.61. The highest BCUT2D eigenvalue weighted by molar-refractivity contribution is 5.96. The van der Waals surface area contributed by atoms with Gasteiger partial charge < -0.3 is 19.8 Å². The number of nitrogens with zero attached hydrogens (tertiary/aromatic N) is 4. The number of amides is 1. The van der Waals surface area contributed by atoms with Crippen molar-refractivity contribution in [1.29, 1.82) is 0 Å². The van der Waals surface area contributed by atoms with Gasteiger partial charge in [-0.05, 0) is 43.5 Å². The van der Waals surface area contributed by atoms with Crippen LogP contribution in [0.2, 0.25) is 0 Å². The number of aromatic hydroxyl groups is 1. The molecule has 0 spiro atoms. The summed E-state index contributed by atoms with van der Waals surface area (Å²) in [6.45, 7) is 3.79. The molecule has 1 amide bonds. The summed E-state index contributed by atoms with van der Waals surface area (Å²) in [6, 6.07) is 12.0. The number of nitro groups is 1. The number of hydrogen-bond donors (Lipinski definition) is 1. The first-order valence-electron chi connectivity index (χ1n) is 10.4. The molecule has 158 valence electrons. The lowest BCUT2D eigenvalue weighted by Gasteiger charge is -2.36. The van der Waals surface area contributed by atoms with Crippen molar-refractivity contribution in [3.63, 3.8) is 0 Å². The van der Waals surface area contributed by atoms with Crippen LogP contribution in [0.15, 0.2) is 42.5 Å². The maximum absolute atomic E-state index is 13.0. The minimum Gasteiger partial charge on any atom is -0.506 e. The van der Waals surface area contributed by atoms with Crippen LogP contribution in [0.1, 0.15) is 29.6 Å². The fourth-order valence-electron chi connectivity index (χ4n) is 4.27. The number of benzene rings is 2. The number of carbonyl (C=O) groups is 1. The Morgan fingerprint density at radius 3 is 2.20 bits per heavy atom. The highest BCUT2D eigenvalue weighted by atomic mass is 16.6. The molecule has 2 fully saturated rings. The van der Waals surface area contributed by atoms with E-state index in [1.54, 1.807) is 29.2 Å². The van der Waals surface area contributed by atoms with E-state index in [0.29, 0.717) is 37.4 Å². The number of rotatable bonds is 4. The van der Waals surface area contributed by atoms with E-state index in [2.05, 4.69) is 0 Å². The van der Waals surface area contributed by atoms with Crippen molar-refractivity contribution < 1.29 is 14.8 Å². The lowest BCUT2D eigenvalue weighted by atomic mass is 10.1. The smallest absolute Gasteiger partial charge is 0.293 e. The minimum absolute atomic E-state index is 0.00408. The highest BCUT2D eigenvalue weighted by Crippen LogP contribution is 2.32. The topological polar surface area (TPSA) is 90.2 Å². The lowest BCUT2D eigenvalue weighted by molar-refractivity contribution is -0.384. The van der Waals surface area contributed by atoms with E-state index in [0.717, 1.165) is 38.0 Å². The Bertz CT molecular complexity index is 934. The molecule has 2 heterocycles. The molecule has 2 saturated heterocycles. The largest absolute Gasteiger partial charge is 0.506 e. The van der Waals surface area contributed by atoms with Gasteiger partial charge in [-0.15, -0.1) is 0 Å². The Hall–Kier alpha value is -3.29. The molecule has 0 unspecified atom stereocenters. The quantitative estimate of drug-likeness (QED) is 0.615. The molecule has 8 heteroatoms. The predicted octanol–water partition coefficient (Wildman–Crippen LogP) is 3.25. The van der Waals surface area contributed by atoms with Crippen molar-refractivity contribution >= 4 is 23.0 Å². The molecule has 0 bridgehead atoms. The Kier molecular flexibility index (Phi) is 5.74. The summed E-state index contributed by atoms with van der Waals surface area (Å²) in [7, 11) is 0. The van der Waals surface area contributed by atoms with Crippen molar-refractivity contribution in [3.8, 4) is 5.75 Å². The first kappa shape index (κ1) is 20.0. The van der Waals surface area contributed by atoms with Gasteiger partial charge in [0, 0.05) is 50.9 Å². The molecule has 2 aliphatic heterocycles. The van der Waals surface area contributed by atoms with Crippen molar-refractivity contribution in [2.24, 2.45) is 0 Å². The fourth-order valence-corrected chi connectivity index (χ4v) is 4.27. The van der Waals surface area contributed by atoms with Gasteiger partial charge in [0.25, 0.3) is 11.6 Å². The van der Waals surface area contributed by atoms with Crippen LogP contribution in [-0.4, -0.2) is 60.1 Å². The highest BCUT2D eigenvalue weighted by Gasteiger charge is 2.27. The SMILES string of the molecule is O=C(c1ccc(N2CCCCC2)c([N+](=O)[O-])c1)N1CCN(c2ccccc2O)CC1. The van der Waals surface area contributed by atoms with E-state index in [4.69, 9.17) is 0 Å². The van der Waals surface area contributed by atoms with Gasteiger partial charge in [-0.25, -0.2) is 0 Å². The van der Waals surface area contributed by atoms with Crippen LogP contribution < -0.4 is 9.80 Å². The minimum atomic E-state index is -0.392. The molecule has 0 atom stereocenters. The zero-order valence-corrected chi connectivity index (χ0v) is 16.9. The van der Waals surface area contributed by atoms with Gasteiger partial charge in [0.05, 0.1) is 10.6 Å². The molecule has 4 rings (SSSR count). The van der Waals surface area contributed by atoms with E-state index in [-0.39, 0.29) is 17.3 Å². The number of piperazine rings is 1. The molecule has 0 aromatic heterocycles. The van der Waals surface area contributed by atoms with Crippen LogP contribution in [0.4, 0.5) is 17.1 Å². The average molecular weight is 410 g/mol. The molecule has 8 nitrogen and oxygen atoms in total. The van der Waals surface area contributed by atoms with Gasteiger partial charge in [-0.3, -0.25) is 14.9 Å². The van der Waals surface area contributed by atoms with Crippen LogP contribution in [0.25, 0.3) is 0 Å². The third-order valence-electron chi connectivity index (χ3n) is 5.91. The van der Waals surface area contributed by atoms with E-state index in [9.17, 15) is 20.0 Å². The molecule has 30 heavy (non-hydrogen) atoms. The van der Waals surface area contributed by atoms with E-state index < -0.39 is 4.92 Å². The maximum Gasteiger partial charge on any atom is 0.293 e. The fraction of sp³-hybridized carbons (Fsp3) is 0.409. The first-order valence-corrected chi connectivity index (χ1v) is 10.4. The average Bonchev–Trinajstić information content (AvgIpc) is 2.79. The molecule has 2 aliphatic rings. The standard InChI is InChI=1S/C22H26N4O4/c27-21-7-3-2-6-19(21)24-12-14-25(15-13-24)22(28)17-8-9-18(20(16-17)26(29)30)23-10-4-1-5-11-23/h2-3,6-9,16,27H,1,4-5,10-15H2. The number of anilines is 2. The normalized spacial score (nSPS) is 17.1. The Balaban J connectivity index is 1.48. The van der Waals surface area contributed by atoms with Gasteiger partial charge in [0.1, 0.15) is 11.4 Å². The van der Waals surface area contributed by atoms with Gasteiger partial charge >= 0.3 is 0 Å². The van der Waals surface area contributed by atoms with E-state index >= 15 is 0 Å². The number of para-hydroxylation sites is 2. The molecule has 2 aromatic rings. The molecule has 0 saturated carbocycles. The number of phenolic OH excluding ortho intramolecular Hbond substituents is 1. The zero-order valence-electron chi connectivity index (χ0n) is 16.9. The summed E-state index contributed by atoms with van der Waals surface area (Å²) in [5.41, 5.74) is 1.70. The second-order valence-corrected chi connectivity index (χ2v) is 7.78. The summed E-state index contributed by atoms with van der Waals surface area (Å²) in [5.74, 6) is 0.0291. The molecule has 2 aromatic carbocycles. The van der Waals surface area contributed by atoms with Gasteiger partial charge in [0.15, 0.2) is 0 Å². The van der Waals surface area contributed by atoms with Crippen LogP contribution >= 0.6 is 0 Å². The van der Waals surface area contributed by atoms with Gasteiger partial charge in [-0.1, -0.05) is 12.1 Å². The van der Waals surface area contributed by atoms with Crippen LogP contribution in [-0.2, 0) is 0 Å². The summed E-state index contributed by atoms with van der Waals surface area (Å²) in [5, 5.41) is 21.7. The summed E-state index contributed by atoms with van der Waals surface area (Å²) in [4.78, 5) is 30.1. The van der Waals surface area contributed by atoms with Gasteiger partial charge in [-0.2, -0.15) is 0 Å². The van der Waals surface area contributed by atoms with Crippen molar-refractivity contribution in [2.45, 2.75) is 19.3 Å².